The molecule has 0 N–H and O–H groups in total. The summed E-state index contributed by atoms with van der Waals surface area (Å²) in [5, 5.41) is 0. The lowest BCUT2D eigenvalue weighted by atomic mass is 10.1. The van der Waals surface area contributed by atoms with Crippen LogP contribution in [0, 0.1) is 0 Å². The molecule has 0 radical (unpaired) electrons. The Hall–Kier alpha value is -2.40. The third kappa shape index (κ3) is 3.51. The number of thioether (sulfide) groups is 1. The maximum atomic E-state index is 12.6. The van der Waals surface area contributed by atoms with Crippen LogP contribution in [0.25, 0.3) is 11.0 Å². The summed E-state index contributed by atoms with van der Waals surface area (Å²) in [6, 6.07) is 13.7. The summed E-state index contributed by atoms with van der Waals surface area (Å²) in [6.07, 6.45) is 5.33. The fraction of sp³-hybridized carbons (Fsp3) is 0.167. The number of carbonyl (C=O) groups is 1. The Balaban J connectivity index is 1.77. The predicted octanol–water partition coefficient (Wildman–Crippen LogP) is 3.62. The molecule has 3 aromatic rings. The summed E-state index contributed by atoms with van der Waals surface area (Å²) in [5.41, 5.74) is 3.26. The summed E-state index contributed by atoms with van der Waals surface area (Å²) in [4.78, 5) is 24.0. The Morgan fingerprint density at radius 3 is 2.43 bits per heavy atom. The van der Waals surface area contributed by atoms with E-state index in [2.05, 4.69) is 34.2 Å². The molecular formula is C18H17N3OS. The van der Waals surface area contributed by atoms with E-state index in [1.807, 2.05) is 19.4 Å². The van der Waals surface area contributed by atoms with E-state index in [9.17, 15) is 4.79 Å². The van der Waals surface area contributed by atoms with E-state index >= 15 is 0 Å². The molecule has 3 rings (SSSR count). The molecule has 1 heterocycles. The summed E-state index contributed by atoms with van der Waals surface area (Å²) >= 11 is 1.71. The molecule has 0 saturated carbocycles. The highest BCUT2D eigenvalue weighted by Gasteiger charge is 2.13. The van der Waals surface area contributed by atoms with E-state index < -0.39 is 0 Å². The summed E-state index contributed by atoms with van der Waals surface area (Å²) in [7, 11) is 1.81. The second-order valence-corrected chi connectivity index (χ2v) is 6.15. The summed E-state index contributed by atoms with van der Waals surface area (Å²) in [5.74, 6) is -0.0218. The van der Waals surface area contributed by atoms with Crippen LogP contribution in [0.15, 0.2) is 59.8 Å². The van der Waals surface area contributed by atoms with Gasteiger partial charge in [0.25, 0.3) is 5.91 Å². The molecule has 23 heavy (non-hydrogen) atoms. The zero-order chi connectivity index (χ0) is 16.2. The Labute approximate surface area is 139 Å². The van der Waals surface area contributed by atoms with Gasteiger partial charge in [-0.05, 0) is 42.2 Å². The van der Waals surface area contributed by atoms with Crippen LogP contribution >= 0.6 is 11.8 Å². The first-order chi connectivity index (χ1) is 11.2. The molecule has 116 valence electrons. The van der Waals surface area contributed by atoms with Gasteiger partial charge in [-0.3, -0.25) is 14.8 Å². The van der Waals surface area contributed by atoms with Crippen molar-refractivity contribution in [1.29, 1.82) is 0 Å². The van der Waals surface area contributed by atoms with Gasteiger partial charge in [0.15, 0.2) is 0 Å². The minimum absolute atomic E-state index is 0.0218. The molecular weight excluding hydrogens is 306 g/mol. The van der Waals surface area contributed by atoms with Gasteiger partial charge in [-0.1, -0.05) is 12.1 Å². The predicted molar refractivity (Wildman–Crippen MR) is 93.6 cm³/mol. The highest BCUT2D eigenvalue weighted by molar-refractivity contribution is 7.98. The molecule has 2 aromatic carbocycles. The number of nitrogens with zero attached hydrogens (tertiary/aromatic N) is 3. The second kappa shape index (κ2) is 6.79. The van der Waals surface area contributed by atoms with Gasteiger partial charge in [-0.15, -0.1) is 11.8 Å². The SMILES string of the molecule is CSc1ccc(CN(C)C(=O)c2ccc3nccnc3c2)cc1. The standard InChI is InChI=1S/C18H17N3OS/c1-21(12-13-3-6-15(23-2)7-4-13)18(22)14-5-8-16-17(11-14)20-10-9-19-16/h3-11H,12H2,1-2H3. The van der Waals surface area contributed by atoms with Crippen molar-refractivity contribution in [3.8, 4) is 0 Å². The number of aromatic nitrogens is 2. The van der Waals surface area contributed by atoms with Crippen LogP contribution in [0.1, 0.15) is 15.9 Å². The van der Waals surface area contributed by atoms with Crippen LogP contribution in [0.2, 0.25) is 0 Å². The van der Waals surface area contributed by atoms with E-state index in [0.29, 0.717) is 12.1 Å². The maximum Gasteiger partial charge on any atom is 0.253 e. The van der Waals surface area contributed by atoms with Crippen molar-refractivity contribution in [3.05, 3.63) is 66.0 Å². The minimum Gasteiger partial charge on any atom is -0.337 e. The highest BCUT2D eigenvalue weighted by atomic mass is 32.2. The number of rotatable bonds is 4. The fourth-order valence-electron chi connectivity index (χ4n) is 2.39. The molecule has 0 aliphatic heterocycles. The van der Waals surface area contributed by atoms with Crippen LogP contribution in [0.3, 0.4) is 0 Å². The molecule has 0 aliphatic carbocycles. The van der Waals surface area contributed by atoms with Crippen LogP contribution in [-0.2, 0) is 6.54 Å². The fourth-order valence-corrected chi connectivity index (χ4v) is 2.80. The van der Waals surface area contributed by atoms with Gasteiger partial charge in [-0.2, -0.15) is 0 Å². The van der Waals surface area contributed by atoms with Gasteiger partial charge in [0, 0.05) is 36.4 Å². The van der Waals surface area contributed by atoms with Crippen molar-refractivity contribution in [1.82, 2.24) is 14.9 Å². The van der Waals surface area contributed by atoms with Crippen molar-refractivity contribution >= 4 is 28.7 Å². The van der Waals surface area contributed by atoms with Gasteiger partial charge in [-0.25, -0.2) is 0 Å². The number of fused-ring (bicyclic) bond motifs is 1. The van der Waals surface area contributed by atoms with Crippen molar-refractivity contribution in [2.45, 2.75) is 11.4 Å². The van der Waals surface area contributed by atoms with Crippen molar-refractivity contribution < 1.29 is 4.79 Å². The summed E-state index contributed by atoms with van der Waals surface area (Å²) in [6.45, 7) is 0.575. The topological polar surface area (TPSA) is 46.1 Å². The smallest absolute Gasteiger partial charge is 0.253 e. The van der Waals surface area contributed by atoms with Crippen LogP contribution in [0.4, 0.5) is 0 Å². The average molecular weight is 323 g/mol. The third-order valence-corrected chi connectivity index (χ3v) is 4.39. The van der Waals surface area contributed by atoms with Gasteiger partial charge < -0.3 is 4.90 Å². The van der Waals surface area contributed by atoms with Crippen molar-refractivity contribution in [3.63, 3.8) is 0 Å². The quantitative estimate of drug-likeness (QED) is 0.688. The van der Waals surface area contributed by atoms with E-state index in [1.165, 1.54) is 4.90 Å². The van der Waals surface area contributed by atoms with Gasteiger partial charge >= 0.3 is 0 Å². The molecule has 5 heteroatoms. The highest BCUT2D eigenvalue weighted by Crippen LogP contribution is 2.17. The van der Waals surface area contributed by atoms with E-state index in [4.69, 9.17) is 0 Å². The molecule has 1 amide bonds. The lowest BCUT2D eigenvalue weighted by Gasteiger charge is -2.17. The summed E-state index contributed by atoms with van der Waals surface area (Å²) < 4.78 is 0. The van der Waals surface area contributed by atoms with Crippen LogP contribution in [-0.4, -0.2) is 34.1 Å². The number of carbonyl (C=O) groups excluding carboxylic acids is 1. The van der Waals surface area contributed by atoms with Crippen LogP contribution in [0.5, 0.6) is 0 Å². The zero-order valence-electron chi connectivity index (χ0n) is 13.1. The lowest BCUT2D eigenvalue weighted by Crippen LogP contribution is -2.26. The van der Waals surface area contributed by atoms with Gasteiger partial charge in [0.1, 0.15) is 0 Å². The largest absolute Gasteiger partial charge is 0.337 e. The van der Waals surface area contributed by atoms with Crippen molar-refractivity contribution in [2.24, 2.45) is 0 Å². The molecule has 4 nitrogen and oxygen atoms in total. The molecule has 0 atom stereocenters. The molecule has 0 unspecified atom stereocenters. The van der Waals surface area contributed by atoms with E-state index in [0.717, 1.165) is 16.6 Å². The molecule has 0 aliphatic rings. The van der Waals surface area contributed by atoms with E-state index in [1.54, 1.807) is 41.2 Å². The lowest BCUT2D eigenvalue weighted by molar-refractivity contribution is 0.0785. The molecule has 0 saturated heterocycles. The zero-order valence-corrected chi connectivity index (χ0v) is 13.9. The van der Waals surface area contributed by atoms with Gasteiger partial charge in [0.2, 0.25) is 0 Å². The molecule has 0 fully saturated rings. The number of amides is 1. The average Bonchev–Trinajstić information content (AvgIpc) is 2.61. The number of hydrogen-bond donors (Lipinski definition) is 0. The first kappa shape index (κ1) is 15.5. The first-order valence-electron chi connectivity index (χ1n) is 7.26. The monoisotopic (exact) mass is 323 g/mol. The minimum atomic E-state index is -0.0218. The Bertz CT molecular complexity index is 833. The number of hydrogen-bond acceptors (Lipinski definition) is 4. The van der Waals surface area contributed by atoms with Crippen molar-refractivity contribution in [2.75, 3.05) is 13.3 Å². The Morgan fingerprint density at radius 2 is 1.74 bits per heavy atom. The molecule has 1 aromatic heterocycles. The van der Waals surface area contributed by atoms with Crippen LogP contribution < -0.4 is 0 Å². The Kier molecular flexibility index (Phi) is 4.57. The normalized spacial score (nSPS) is 10.7. The molecule has 0 spiro atoms. The van der Waals surface area contributed by atoms with Gasteiger partial charge in [0.05, 0.1) is 11.0 Å². The first-order valence-corrected chi connectivity index (χ1v) is 8.49. The Morgan fingerprint density at radius 1 is 1.04 bits per heavy atom. The third-order valence-electron chi connectivity index (χ3n) is 3.64. The maximum absolute atomic E-state index is 12.6. The second-order valence-electron chi connectivity index (χ2n) is 5.27. The van der Waals surface area contributed by atoms with E-state index in [-0.39, 0.29) is 5.91 Å². The molecule has 0 bridgehead atoms. The number of benzene rings is 2.